The van der Waals surface area contributed by atoms with E-state index < -0.39 is 0 Å². The third-order valence-electron chi connectivity index (χ3n) is 0.500. The molecule has 0 aromatic heterocycles. The first kappa shape index (κ1) is 6.09. The Kier molecular flexibility index (Phi) is 5.17. The van der Waals surface area contributed by atoms with Crippen LogP contribution in [0.1, 0.15) is 12.8 Å². The molecule has 0 bridgehead atoms. The van der Waals surface area contributed by atoms with Gasteiger partial charge in [0.25, 0.3) is 0 Å². The van der Waals surface area contributed by atoms with Crippen LogP contribution < -0.4 is 0 Å². The highest BCUT2D eigenvalue weighted by Crippen LogP contribution is 1.95. The second-order valence-corrected chi connectivity index (χ2v) is 1.41. The van der Waals surface area contributed by atoms with Crippen LogP contribution in [0.25, 0.3) is 0 Å². The van der Waals surface area contributed by atoms with Crippen molar-refractivity contribution in [2.75, 3.05) is 0 Å². The second-order valence-electron chi connectivity index (χ2n) is 1.05. The van der Waals surface area contributed by atoms with E-state index in [1.165, 1.54) is 0 Å². The normalized spacial score (nSPS) is 8.17. The van der Waals surface area contributed by atoms with Gasteiger partial charge in [0.1, 0.15) is 0 Å². The van der Waals surface area contributed by atoms with Crippen LogP contribution in [-0.4, -0.2) is 0 Å². The molecule has 0 saturated carbocycles. The minimum Gasteiger partial charge on any atom is -0.175 e. The maximum atomic E-state index is 3.88. The lowest BCUT2D eigenvalue weighted by atomic mass is 10.3. The van der Waals surface area contributed by atoms with E-state index in [1.54, 1.807) is 0 Å². The number of unbranched alkanes of at least 4 members (excludes halogenated alkanes) is 1. The largest absolute Gasteiger partial charge is 0.175 e. The van der Waals surface area contributed by atoms with E-state index in [9.17, 15) is 0 Å². The molecule has 6 heavy (non-hydrogen) atoms. The summed E-state index contributed by atoms with van der Waals surface area (Å²) in [6, 6.07) is 0. The maximum absolute atomic E-state index is 3.88. The molecule has 0 aliphatic rings. The van der Waals surface area contributed by atoms with E-state index in [0.717, 1.165) is 12.8 Å². The Morgan fingerprint density at radius 3 is 2.33 bits per heavy atom. The number of hydrogen-bond donors (Lipinski definition) is 1. The van der Waals surface area contributed by atoms with Gasteiger partial charge in [-0.2, -0.15) is 12.6 Å². The molecule has 0 unspecified atom stereocenters. The van der Waals surface area contributed by atoms with Crippen molar-refractivity contribution in [1.29, 1.82) is 0 Å². The third kappa shape index (κ3) is 4.09. The van der Waals surface area contributed by atoms with Gasteiger partial charge < -0.3 is 0 Å². The topological polar surface area (TPSA) is 0 Å². The summed E-state index contributed by atoms with van der Waals surface area (Å²) in [7, 11) is 0. The van der Waals surface area contributed by atoms with Gasteiger partial charge in [0, 0.05) is 5.75 Å². The van der Waals surface area contributed by atoms with Crippen LogP contribution in [0.5, 0.6) is 0 Å². The molecule has 35 valence electrons. The average Bonchev–Trinajstić information content (AvgIpc) is 1.61. The summed E-state index contributed by atoms with van der Waals surface area (Å²) in [5.41, 5.74) is 0. The minimum atomic E-state index is 1.03. The number of allylic oxidation sites excluding steroid dienone is 1. The summed E-state index contributed by atoms with van der Waals surface area (Å²) in [6.07, 6.45) is 3.96. The van der Waals surface area contributed by atoms with Crippen molar-refractivity contribution in [1.82, 2.24) is 0 Å². The fourth-order valence-corrected chi connectivity index (χ4v) is 0.341. The van der Waals surface area contributed by atoms with Crippen molar-refractivity contribution >= 4 is 12.6 Å². The summed E-state index contributed by atoms with van der Waals surface area (Å²) in [5.74, 6) is 1.84. The molecule has 0 fully saturated rings. The van der Waals surface area contributed by atoms with E-state index in [0.29, 0.717) is 0 Å². The summed E-state index contributed by atoms with van der Waals surface area (Å²) in [6.45, 7) is 3.54. The zero-order valence-corrected chi connectivity index (χ0v) is 4.62. The van der Waals surface area contributed by atoms with Crippen LogP contribution in [-0.2, 0) is 0 Å². The first-order valence-electron chi connectivity index (χ1n) is 1.98. The van der Waals surface area contributed by atoms with Gasteiger partial charge in [0.2, 0.25) is 0 Å². The molecule has 0 atom stereocenters. The van der Waals surface area contributed by atoms with E-state index in [1.807, 2.05) is 11.8 Å². The Labute approximate surface area is 44.7 Å². The van der Waals surface area contributed by atoms with Crippen molar-refractivity contribution in [2.45, 2.75) is 12.8 Å². The smallest absolute Gasteiger partial charge is 0.0136 e. The Morgan fingerprint density at radius 1 is 1.50 bits per heavy atom. The highest BCUT2D eigenvalue weighted by molar-refractivity contribution is 7.82. The van der Waals surface area contributed by atoms with E-state index in [4.69, 9.17) is 0 Å². The SMILES string of the molecule is C=CCC[CH]S. The Morgan fingerprint density at radius 2 is 2.17 bits per heavy atom. The Bertz CT molecular complexity index is 32.9. The molecule has 0 heterocycles. The summed E-state index contributed by atoms with van der Waals surface area (Å²) >= 11 is 3.88. The molecule has 0 aromatic rings. The van der Waals surface area contributed by atoms with Crippen LogP contribution in [0.15, 0.2) is 12.7 Å². The maximum Gasteiger partial charge on any atom is 0.0136 e. The average molecular weight is 101 g/mol. The Balaban J connectivity index is 2.49. The van der Waals surface area contributed by atoms with Gasteiger partial charge in [-0.15, -0.1) is 6.58 Å². The van der Waals surface area contributed by atoms with Crippen molar-refractivity contribution in [3.05, 3.63) is 18.4 Å². The molecule has 1 heteroatoms. The van der Waals surface area contributed by atoms with Crippen LogP contribution in [0.4, 0.5) is 0 Å². The molecule has 0 rings (SSSR count). The zero-order chi connectivity index (χ0) is 4.83. The Hall–Kier alpha value is 0.0900. The van der Waals surface area contributed by atoms with Gasteiger partial charge in [-0.05, 0) is 12.8 Å². The lowest BCUT2D eigenvalue weighted by Gasteiger charge is -1.80. The van der Waals surface area contributed by atoms with Crippen molar-refractivity contribution in [3.8, 4) is 0 Å². The highest BCUT2D eigenvalue weighted by Gasteiger charge is 1.72. The molecular formula is C5H9S. The van der Waals surface area contributed by atoms with Gasteiger partial charge in [0.15, 0.2) is 0 Å². The first-order valence-corrected chi connectivity index (χ1v) is 2.50. The minimum absolute atomic E-state index is 1.03. The second kappa shape index (κ2) is 5.09. The molecule has 0 saturated heterocycles. The number of rotatable bonds is 3. The van der Waals surface area contributed by atoms with Crippen molar-refractivity contribution in [3.63, 3.8) is 0 Å². The van der Waals surface area contributed by atoms with Gasteiger partial charge >= 0.3 is 0 Å². The van der Waals surface area contributed by atoms with Gasteiger partial charge in [-0.3, -0.25) is 0 Å². The lowest BCUT2D eigenvalue weighted by Crippen LogP contribution is -1.60. The molecule has 0 N–H and O–H groups in total. The van der Waals surface area contributed by atoms with Crippen LogP contribution in [0.2, 0.25) is 0 Å². The summed E-state index contributed by atoms with van der Waals surface area (Å²) in [4.78, 5) is 0. The predicted molar refractivity (Wildman–Crippen MR) is 32.7 cm³/mol. The molecule has 0 nitrogen and oxygen atoms in total. The molecule has 1 radical (unpaired) electrons. The third-order valence-corrected chi connectivity index (χ3v) is 0.758. The molecule has 0 spiro atoms. The quantitative estimate of drug-likeness (QED) is 0.314. The van der Waals surface area contributed by atoms with Gasteiger partial charge in [0.05, 0.1) is 0 Å². The van der Waals surface area contributed by atoms with Gasteiger partial charge in [-0.1, -0.05) is 6.08 Å². The summed E-state index contributed by atoms with van der Waals surface area (Å²) in [5, 5.41) is 0. The highest BCUT2D eigenvalue weighted by atomic mass is 32.1. The zero-order valence-electron chi connectivity index (χ0n) is 3.72. The van der Waals surface area contributed by atoms with Crippen LogP contribution in [0, 0.1) is 5.75 Å². The first-order chi connectivity index (χ1) is 2.91. The molecular weight excluding hydrogens is 92.1 g/mol. The number of hydrogen-bond acceptors (Lipinski definition) is 1. The fraction of sp³-hybridized carbons (Fsp3) is 0.400. The predicted octanol–water partition coefficient (Wildman–Crippen LogP) is 2.04. The molecule has 0 aliphatic heterocycles. The number of thiol groups is 1. The lowest BCUT2D eigenvalue weighted by molar-refractivity contribution is 1.04. The summed E-state index contributed by atoms with van der Waals surface area (Å²) < 4.78 is 0. The fourth-order valence-electron chi connectivity index (χ4n) is 0.192. The van der Waals surface area contributed by atoms with Crippen molar-refractivity contribution in [2.24, 2.45) is 0 Å². The molecule has 0 aliphatic carbocycles. The molecule has 0 aromatic carbocycles. The van der Waals surface area contributed by atoms with E-state index >= 15 is 0 Å². The van der Waals surface area contributed by atoms with E-state index in [-0.39, 0.29) is 0 Å². The standard InChI is InChI=1S/C5H9S/c1-2-3-4-5-6/h2,5-6H,1,3-4H2. The van der Waals surface area contributed by atoms with E-state index in [2.05, 4.69) is 19.2 Å². The van der Waals surface area contributed by atoms with Crippen LogP contribution >= 0.6 is 12.6 Å². The van der Waals surface area contributed by atoms with Gasteiger partial charge in [-0.25, -0.2) is 0 Å². The van der Waals surface area contributed by atoms with Crippen LogP contribution in [0.3, 0.4) is 0 Å². The molecule has 0 amide bonds. The van der Waals surface area contributed by atoms with Crippen molar-refractivity contribution < 1.29 is 0 Å². The monoisotopic (exact) mass is 101 g/mol.